The summed E-state index contributed by atoms with van der Waals surface area (Å²) in [5.41, 5.74) is -0.911. The monoisotopic (exact) mass is 335 g/mol. The molecule has 0 saturated carbocycles. The third-order valence-electron chi connectivity index (χ3n) is 4.04. The van der Waals surface area contributed by atoms with Crippen LogP contribution >= 0.6 is 0 Å². The molecule has 0 unspecified atom stereocenters. The van der Waals surface area contributed by atoms with Gasteiger partial charge in [-0.05, 0) is 19.8 Å². The molecule has 1 aliphatic heterocycles. The van der Waals surface area contributed by atoms with E-state index < -0.39 is 23.6 Å². The number of hydrogen-bond acceptors (Lipinski definition) is 4. The van der Waals surface area contributed by atoms with Gasteiger partial charge in [0.25, 0.3) is 0 Å². The number of carbonyl (C=O) groups excluding carboxylic acids is 2. The Morgan fingerprint density at radius 1 is 1.26 bits per heavy atom. The van der Waals surface area contributed by atoms with E-state index in [-0.39, 0.29) is 12.8 Å². The molecule has 1 amide bonds. The number of amides is 1. The van der Waals surface area contributed by atoms with Gasteiger partial charge < -0.3 is 14.4 Å². The first kappa shape index (κ1) is 19.6. The fourth-order valence-electron chi connectivity index (χ4n) is 2.65. The Hall–Kier alpha value is -1.40. The highest BCUT2D eigenvalue weighted by molar-refractivity contribution is 5.68. The minimum absolute atomic E-state index is 0.0921. The topological polar surface area (TPSA) is 55.8 Å². The van der Waals surface area contributed by atoms with Crippen molar-refractivity contribution in [2.24, 2.45) is 0 Å². The van der Waals surface area contributed by atoms with Crippen LogP contribution in [-0.2, 0) is 14.3 Å². The highest BCUT2D eigenvalue weighted by Crippen LogP contribution is 2.35. The maximum absolute atomic E-state index is 13.1. The van der Waals surface area contributed by atoms with Gasteiger partial charge in [0, 0.05) is 39.3 Å². The van der Waals surface area contributed by atoms with Crippen LogP contribution in [0.25, 0.3) is 0 Å². The number of ether oxygens (including phenoxy) is 2. The van der Waals surface area contributed by atoms with Crippen molar-refractivity contribution in [2.75, 3.05) is 19.7 Å². The van der Waals surface area contributed by atoms with Gasteiger partial charge in [-0.25, -0.2) is 13.6 Å². The molecule has 7 heteroatoms. The zero-order valence-corrected chi connectivity index (χ0v) is 14.2. The first-order valence-corrected chi connectivity index (χ1v) is 8.16. The summed E-state index contributed by atoms with van der Waals surface area (Å²) >= 11 is 0. The number of esters is 1. The highest BCUT2D eigenvalue weighted by Gasteiger charge is 2.41. The number of rotatable bonds is 7. The third kappa shape index (κ3) is 7.14. The van der Waals surface area contributed by atoms with Crippen molar-refractivity contribution in [1.82, 2.24) is 4.90 Å². The predicted octanol–water partition coefficient (Wildman–Crippen LogP) is 3.76. The highest BCUT2D eigenvalue weighted by atomic mass is 19.3. The van der Waals surface area contributed by atoms with Crippen LogP contribution in [0.15, 0.2) is 0 Å². The lowest BCUT2D eigenvalue weighted by Gasteiger charge is -2.41. The first-order valence-electron chi connectivity index (χ1n) is 8.16. The van der Waals surface area contributed by atoms with Gasteiger partial charge in [0.1, 0.15) is 5.60 Å². The van der Waals surface area contributed by atoms with Crippen molar-refractivity contribution in [2.45, 2.75) is 70.8 Å². The second-order valence-corrected chi connectivity index (χ2v) is 6.30. The van der Waals surface area contributed by atoms with Crippen LogP contribution in [0.2, 0.25) is 0 Å². The lowest BCUT2D eigenvalue weighted by Crippen LogP contribution is -2.49. The minimum Gasteiger partial charge on any atom is -0.459 e. The molecule has 0 radical (unpaired) electrons. The van der Waals surface area contributed by atoms with E-state index in [0.717, 1.165) is 19.8 Å². The molecule has 0 aromatic heterocycles. The van der Waals surface area contributed by atoms with E-state index >= 15 is 0 Å². The van der Waals surface area contributed by atoms with Crippen molar-refractivity contribution < 1.29 is 27.8 Å². The van der Waals surface area contributed by atoms with Gasteiger partial charge in [-0.1, -0.05) is 13.3 Å². The van der Waals surface area contributed by atoms with Crippen molar-refractivity contribution in [3.05, 3.63) is 0 Å². The summed E-state index contributed by atoms with van der Waals surface area (Å²) in [6.45, 7) is 5.20. The number of hydrogen-bond donors (Lipinski definition) is 0. The summed E-state index contributed by atoms with van der Waals surface area (Å²) in [4.78, 5) is 24.8. The largest absolute Gasteiger partial charge is 0.459 e. The number of alkyl halides is 2. The normalized spacial score (nSPS) is 17.7. The SMILES string of the molecule is CCCCOC(=O)N1CCC(CCC(C)(F)F)(OC(C)=O)CC1. The Morgan fingerprint density at radius 2 is 1.87 bits per heavy atom. The Kier molecular flexibility index (Phi) is 7.22. The van der Waals surface area contributed by atoms with Gasteiger partial charge in [0.2, 0.25) is 5.92 Å². The summed E-state index contributed by atoms with van der Waals surface area (Å²) in [5.74, 6) is -3.29. The number of halogens is 2. The molecule has 0 spiro atoms. The van der Waals surface area contributed by atoms with Crippen molar-refractivity contribution >= 4 is 12.1 Å². The number of unbranched alkanes of at least 4 members (excludes halogenated alkanes) is 1. The molecule has 23 heavy (non-hydrogen) atoms. The van der Waals surface area contributed by atoms with Gasteiger partial charge in [-0.2, -0.15) is 0 Å². The number of carbonyl (C=O) groups is 2. The molecule has 0 N–H and O–H groups in total. The molecule has 1 fully saturated rings. The molecule has 0 aliphatic carbocycles. The zero-order chi connectivity index (χ0) is 17.5. The van der Waals surface area contributed by atoms with Gasteiger partial charge in [0.15, 0.2) is 0 Å². The van der Waals surface area contributed by atoms with Crippen LogP contribution in [0.4, 0.5) is 13.6 Å². The van der Waals surface area contributed by atoms with Crippen molar-refractivity contribution in [1.29, 1.82) is 0 Å². The fourth-order valence-corrected chi connectivity index (χ4v) is 2.65. The van der Waals surface area contributed by atoms with Crippen LogP contribution in [0.1, 0.15) is 59.3 Å². The fraction of sp³-hybridized carbons (Fsp3) is 0.875. The summed E-state index contributed by atoms with van der Waals surface area (Å²) in [6, 6.07) is 0. The predicted molar refractivity (Wildman–Crippen MR) is 81.4 cm³/mol. The van der Waals surface area contributed by atoms with Crippen LogP contribution in [0.5, 0.6) is 0 Å². The van der Waals surface area contributed by atoms with E-state index in [1.807, 2.05) is 6.92 Å². The van der Waals surface area contributed by atoms with Gasteiger partial charge in [-0.3, -0.25) is 4.79 Å². The van der Waals surface area contributed by atoms with Crippen molar-refractivity contribution in [3.8, 4) is 0 Å². The van der Waals surface area contributed by atoms with E-state index in [4.69, 9.17) is 9.47 Å². The van der Waals surface area contributed by atoms with Crippen LogP contribution in [0.3, 0.4) is 0 Å². The van der Waals surface area contributed by atoms with E-state index in [1.54, 1.807) is 4.90 Å². The van der Waals surface area contributed by atoms with E-state index in [0.29, 0.717) is 32.5 Å². The van der Waals surface area contributed by atoms with Gasteiger partial charge in [0.05, 0.1) is 6.61 Å². The second kappa shape index (κ2) is 8.45. The average Bonchev–Trinajstić information content (AvgIpc) is 2.45. The van der Waals surface area contributed by atoms with Crippen LogP contribution < -0.4 is 0 Å². The van der Waals surface area contributed by atoms with E-state index in [9.17, 15) is 18.4 Å². The molecule has 1 rings (SSSR count). The Balaban J connectivity index is 2.57. The lowest BCUT2D eigenvalue weighted by atomic mass is 9.85. The molecular formula is C16H27F2NO4. The molecule has 134 valence electrons. The summed E-state index contributed by atoms with van der Waals surface area (Å²) < 4.78 is 36.8. The molecule has 5 nitrogen and oxygen atoms in total. The number of nitrogens with zero attached hydrogens (tertiary/aromatic N) is 1. The van der Waals surface area contributed by atoms with Crippen LogP contribution in [0, 0.1) is 0 Å². The minimum atomic E-state index is -2.80. The van der Waals surface area contributed by atoms with Gasteiger partial charge in [-0.15, -0.1) is 0 Å². The maximum Gasteiger partial charge on any atom is 0.409 e. The summed E-state index contributed by atoms with van der Waals surface area (Å²) in [5, 5.41) is 0. The van der Waals surface area contributed by atoms with E-state index in [1.165, 1.54) is 6.92 Å². The Labute approximate surface area is 136 Å². The summed E-state index contributed by atoms with van der Waals surface area (Å²) in [7, 11) is 0. The van der Waals surface area contributed by atoms with E-state index in [2.05, 4.69) is 0 Å². The lowest BCUT2D eigenvalue weighted by molar-refractivity contribution is -0.165. The molecule has 1 saturated heterocycles. The maximum atomic E-state index is 13.1. The summed E-state index contributed by atoms with van der Waals surface area (Å²) in [6.07, 6.45) is 1.81. The van der Waals surface area contributed by atoms with Crippen molar-refractivity contribution in [3.63, 3.8) is 0 Å². The second-order valence-electron chi connectivity index (χ2n) is 6.30. The standard InChI is InChI=1S/C16H27F2NO4/c1-4-5-12-22-14(21)19-10-8-16(9-11-19,23-13(2)20)7-6-15(3,17)18/h4-12H2,1-3H3. The number of piperidine rings is 1. The molecular weight excluding hydrogens is 308 g/mol. The first-order chi connectivity index (χ1) is 10.7. The van der Waals surface area contributed by atoms with Gasteiger partial charge >= 0.3 is 12.1 Å². The Bertz CT molecular complexity index is 401. The molecule has 0 bridgehead atoms. The average molecular weight is 335 g/mol. The molecule has 0 atom stereocenters. The quantitative estimate of drug-likeness (QED) is 0.525. The Morgan fingerprint density at radius 3 is 2.35 bits per heavy atom. The third-order valence-corrected chi connectivity index (χ3v) is 4.04. The molecule has 0 aromatic carbocycles. The van der Waals surface area contributed by atoms with Crippen LogP contribution in [-0.4, -0.2) is 48.2 Å². The molecule has 0 aromatic rings. The number of likely N-dealkylation sites (tertiary alicyclic amines) is 1. The molecule has 1 aliphatic rings. The molecule has 1 heterocycles. The smallest absolute Gasteiger partial charge is 0.409 e. The zero-order valence-electron chi connectivity index (χ0n) is 14.2.